The molecule has 0 aliphatic heterocycles. The van der Waals surface area contributed by atoms with Crippen LogP contribution in [0.25, 0.3) is 0 Å². The van der Waals surface area contributed by atoms with Crippen LogP contribution in [0.2, 0.25) is 0 Å². The highest BCUT2D eigenvalue weighted by atomic mass is 19.3. The predicted octanol–water partition coefficient (Wildman–Crippen LogP) is 3.60. The van der Waals surface area contributed by atoms with Crippen LogP contribution in [0.1, 0.15) is 22.8 Å². The molecule has 0 saturated carbocycles. The summed E-state index contributed by atoms with van der Waals surface area (Å²) in [6.07, 6.45) is 0. The van der Waals surface area contributed by atoms with Crippen molar-refractivity contribution in [2.45, 2.75) is 20.1 Å². The topological polar surface area (TPSA) is 64.6 Å². The zero-order valence-electron chi connectivity index (χ0n) is 12.8. The molecule has 0 fully saturated rings. The van der Waals surface area contributed by atoms with Gasteiger partial charge >= 0.3 is 12.6 Å². The number of nitrogens with one attached hydrogen (secondary N) is 1. The highest BCUT2D eigenvalue weighted by Gasteiger charge is 2.12. The molecule has 0 atom stereocenters. The minimum atomic E-state index is -2.98. The normalized spacial score (nSPS) is 10.3. The first-order valence-corrected chi connectivity index (χ1v) is 7.03. The molecule has 0 spiro atoms. The van der Waals surface area contributed by atoms with E-state index >= 15 is 0 Å². The number of carbonyl (C=O) groups excluding carboxylic acids is 2. The summed E-state index contributed by atoms with van der Waals surface area (Å²) in [6.45, 7) is -1.56. The molecule has 2 aromatic carbocycles. The van der Waals surface area contributed by atoms with E-state index in [1.54, 1.807) is 30.3 Å². The highest BCUT2D eigenvalue weighted by Crippen LogP contribution is 2.26. The largest absolute Gasteiger partial charge is 0.461 e. The summed E-state index contributed by atoms with van der Waals surface area (Å²) in [4.78, 5) is 22.9. The van der Waals surface area contributed by atoms with E-state index in [0.29, 0.717) is 5.56 Å². The van der Waals surface area contributed by atoms with Crippen LogP contribution in [0.15, 0.2) is 48.5 Å². The molecule has 2 rings (SSSR count). The van der Waals surface area contributed by atoms with E-state index in [1.165, 1.54) is 25.1 Å². The van der Waals surface area contributed by atoms with Gasteiger partial charge < -0.3 is 14.8 Å². The summed E-state index contributed by atoms with van der Waals surface area (Å²) in [5.41, 5.74) is 1.20. The van der Waals surface area contributed by atoms with Gasteiger partial charge in [0.1, 0.15) is 12.4 Å². The number of halogens is 2. The number of ether oxygens (including phenoxy) is 2. The monoisotopic (exact) mass is 335 g/mol. The van der Waals surface area contributed by atoms with Crippen molar-refractivity contribution in [2.75, 3.05) is 5.32 Å². The van der Waals surface area contributed by atoms with Crippen molar-refractivity contribution in [3.63, 3.8) is 0 Å². The summed E-state index contributed by atoms with van der Waals surface area (Å²) >= 11 is 0. The van der Waals surface area contributed by atoms with Gasteiger partial charge in [-0.1, -0.05) is 24.3 Å². The van der Waals surface area contributed by atoms with Gasteiger partial charge in [-0.25, -0.2) is 0 Å². The van der Waals surface area contributed by atoms with Crippen LogP contribution in [0.3, 0.4) is 0 Å². The number of alkyl halides is 2. The molecule has 5 nitrogen and oxygen atoms in total. The van der Waals surface area contributed by atoms with Gasteiger partial charge in [-0.3, -0.25) is 9.59 Å². The summed E-state index contributed by atoms with van der Waals surface area (Å²) in [6, 6.07) is 12.3. The number of esters is 1. The van der Waals surface area contributed by atoms with Crippen molar-refractivity contribution in [3.8, 4) is 5.75 Å². The van der Waals surface area contributed by atoms with Crippen molar-refractivity contribution in [3.05, 3.63) is 59.7 Å². The Morgan fingerprint density at radius 1 is 1.08 bits per heavy atom. The number of carbonyl (C=O) groups is 2. The lowest BCUT2D eigenvalue weighted by Gasteiger charge is -2.12. The van der Waals surface area contributed by atoms with Crippen LogP contribution in [0, 0.1) is 0 Å². The third-order valence-corrected chi connectivity index (χ3v) is 3.01. The molecule has 1 N–H and O–H groups in total. The van der Waals surface area contributed by atoms with E-state index in [2.05, 4.69) is 10.1 Å². The number of rotatable bonds is 6. The molecule has 7 heteroatoms. The molecule has 126 valence electrons. The summed E-state index contributed by atoms with van der Waals surface area (Å²) in [5.74, 6) is -0.987. The molecule has 0 heterocycles. The first-order chi connectivity index (χ1) is 11.5. The minimum Gasteiger partial charge on any atom is -0.461 e. The molecule has 0 unspecified atom stereocenters. The molecular weight excluding hydrogens is 320 g/mol. The number of hydrogen-bond donors (Lipinski definition) is 1. The Morgan fingerprint density at radius 2 is 1.75 bits per heavy atom. The highest BCUT2D eigenvalue weighted by molar-refractivity contribution is 6.05. The van der Waals surface area contributed by atoms with Crippen LogP contribution < -0.4 is 10.1 Å². The van der Waals surface area contributed by atoms with Crippen molar-refractivity contribution in [2.24, 2.45) is 0 Å². The Labute approximate surface area is 137 Å². The van der Waals surface area contributed by atoms with Gasteiger partial charge in [-0.05, 0) is 29.8 Å². The number of amides is 1. The second-order valence-electron chi connectivity index (χ2n) is 4.81. The fraction of sp³-hybridized carbons (Fsp3) is 0.176. The predicted molar refractivity (Wildman–Crippen MR) is 82.9 cm³/mol. The van der Waals surface area contributed by atoms with Crippen molar-refractivity contribution >= 4 is 17.6 Å². The average Bonchev–Trinajstić information content (AvgIpc) is 2.54. The maximum Gasteiger partial charge on any atom is 0.387 e. The van der Waals surface area contributed by atoms with E-state index in [9.17, 15) is 18.4 Å². The second kappa shape index (κ2) is 8.05. The van der Waals surface area contributed by atoms with E-state index in [1.807, 2.05) is 0 Å². The molecular formula is C17H15F2NO4. The van der Waals surface area contributed by atoms with Crippen molar-refractivity contribution < 1.29 is 27.8 Å². The first-order valence-electron chi connectivity index (χ1n) is 7.03. The molecule has 0 aliphatic carbocycles. The second-order valence-corrected chi connectivity index (χ2v) is 4.81. The Kier molecular flexibility index (Phi) is 5.83. The maximum atomic E-state index is 12.4. The Morgan fingerprint density at radius 3 is 2.38 bits per heavy atom. The van der Waals surface area contributed by atoms with Crippen LogP contribution in [0.4, 0.5) is 14.5 Å². The van der Waals surface area contributed by atoms with E-state index in [0.717, 1.165) is 5.56 Å². The molecule has 0 saturated heterocycles. The van der Waals surface area contributed by atoms with E-state index < -0.39 is 18.5 Å². The fourth-order valence-electron chi connectivity index (χ4n) is 1.90. The van der Waals surface area contributed by atoms with Gasteiger partial charge in [-0.2, -0.15) is 8.78 Å². The third-order valence-electron chi connectivity index (χ3n) is 3.01. The van der Waals surface area contributed by atoms with Gasteiger partial charge in [0.25, 0.3) is 5.91 Å². The molecule has 0 aromatic heterocycles. The van der Waals surface area contributed by atoms with E-state index in [-0.39, 0.29) is 18.0 Å². The Balaban J connectivity index is 2.06. The molecule has 0 radical (unpaired) electrons. The summed E-state index contributed by atoms with van der Waals surface area (Å²) in [5, 5.41) is 2.52. The fourth-order valence-corrected chi connectivity index (χ4v) is 1.90. The third kappa shape index (κ3) is 5.05. The number of hydrogen-bond acceptors (Lipinski definition) is 4. The summed E-state index contributed by atoms with van der Waals surface area (Å²) < 4.78 is 33.9. The van der Waals surface area contributed by atoms with Gasteiger partial charge in [0.2, 0.25) is 0 Å². The standard InChI is InChI=1S/C17H15F2NO4/c1-11(21)23-10-12-6-8-13(9-7-12)16(22)20-14-4-2-3-5-15(14)24-17(18)19/h2-9,17H,10H2,1H3,(H,20,22). The smallest absolute Gasteiger partial charge is 0.387 e. The molecule has 2 aromatic rings. The number of benzene rings is 2. The van der Waals surface area contributed by atoms with Crippen LogP contribution in [0.5, 0.6) is 5.75 Å². The minimum absolute atomic E-state index is 0.113. The van der Waals surface area contributed by atoms with Crippen LogP contribution in [-0.4, -0.2) is 18.5 Å². The first kappa shape index (κ1) is 17.4. The Hall–Kier alpha value is -2.96. The van der Waals surface area contributed by atoms with Gasteiger partial charge in [0.05, 0.1) is 5.69 Å². The van der Waals surface area contributed by atoms with Gasteiger partial charge in [0, 0.05) is 12.5 Å². The van der Waals surface area contributed by atoms with Crippen molar-refractivity contribution in [1.29, 1.82) is 0 Å². The molecule has 24 heavy (non-hydrogen) atoms. The Bertz CT molecular complexity index is 717. The lowest BCUT2D eigenvalue weighted by atomic mass is 10.1. The number of para-hydroxylation sites is 2. The lowest BCUT2D eigenvalue weighted by Crippen LogP contribution is -2.14. The maximum absolute atomic E-state index is 12.4. The zero-order chi connectivity index (χ0) is 17.5. The zero-order valence-corrected chi connectivity index (χ0v) is 12.8. The van der Waals surface area contributed by atoms with Crippen molar-refractivity contribution in [1.82, 2.24) is 0 Å². The van der Waals surface area contributed by atoms with Gasteiger partial charge in [0.15, 0.2) is 0 Å². The summed E-state index contributed by atoms with van der Waals surface area (Å²) in [7, 11) is 0. The number of anilines is 1. The van der Waals surface area contributed by atoms with Crippen LogP contribution >= 0.6 is 0 Å². The quantitative estimate of drug-likeness (QED) is 0.819. The molecule has 0 bridgehead atoms. The average molecular weight is 335 g/mol. The van der Waals surface area contributed by atoms with E-state index in [4.69, 9.17) is 4.74 Å². The van der Waals surface area contributed by atoms with Crippen LogP contribution in [-0.2, 0) is 16.1 Å². The SMILES string of the molecule is CC(=O)OCc1ccc(C(=O)Nc2ccccc2OC(F)F)cc1. The molecule has 1 amide bonds. The lowest BCUT2D eigenvalue weighted by molar-refractivity contribution is -0.142. The van der Waals surface area contributed by atoms with Gasteiger partial charge in [-0.15, -0.1) is 0 Å². The molecule has 0 aliphatic rings.